The van der Waals surface area contributed by atoms with Crippen molar-refractivity contribution in [1.29, 1.82) is 0 Å². The first kappa shape index (κ1) is 17.1. The van der Waals surface area contributed by atoms with Gasteiger partial charge >= 0.3 is 0 Å². The lowest BCUT2D eigenvalue weighted by Crippen LogP contribution is -2.39. The standard InChI is InChI=1S/C20H23N3O2/c1-14(2)15-6-8-16(9-7-15)23-19(25)20(10-11-20)18(24)22-13-17-5-3-4-12-21-17/h3-9,12,14H,10-11,13H2,1-2H3,(H,22,24)(H,23,25). The van der Waals surface area contributed by atoms with Gasteiger partial charge in [-0.2, -0.15) is 0 Å². The van der Waals surface area contributed by atoms with Crippen LogP contribution in [-0.4, -0.2) is 16.8 Å². The number of amides is 2. The second kappa shape index (κ2) is 7.05. The summed E-state index contributed by atoms with van der Waals surface area (Å²) in [5.41, 5.74) is 1.77. The molecule has 0 atom stereocenters. The zero-order valence-corrected chi connectivity index (χ0v) is 14.6. The monoisotopic (exact) mass is 337 g/mol. The molecule has 130 valence electrons. The largest absolute Gasteiger partial charge is 0.350 e. The van der Waals surface area contributed by atoms with E-state index in [0.717, 1.165) is 11.4 Å². The van der Waals surface area contributed by atoms with Gasteiger partial charge in [-0.05, 0) is 48.6 Å². The molecule has 0 bridgehead atoms. The Labute approximate surface area is 147 Å². The SMILES string of the molecule is CC(C)c1ccc(NC(=O)C2(C(=O)NCc3ccccn3)CC2)cc1. The summed E-state index contributed by atoms with van der Waals surface area (Å²) in [5, 5.41) is 5.70. The average Bonchev–Trinajstić information content (AvgIpc) is 3.43. The zero-order valence-electron chi connectivity index (χ0n) is 14.6. The van der Waals surface area contributed by atoms with Crippen LogP contribution in [0.2, 0.25) is 0 Å². The minimum absolute atomic E-state index is 0.227. The van der Waals surface area contributed by atoms with Gasteiger partial charge < -0.3 is 10.6 Å². The number of aromatic nitrogens is 1. The van der Waals surface area contributed by atoms with Crippen molar-refractivity contribution >= 4 is 17.5 Å². The molecule has 5 nitrogen and oxygen atoms in total. The molecular weight excluding hydrogens is 314 g/mol. The summed E-state index contributed by atoms with van der Waals surface area (Å²) in [5.74, 6) is -0.0188. The predicted molar refractivity (Wildman–Crippen MR) is 96.9 cm³/mol. The fourth-order valence-electron chi connectivity index (χ4n) is 2.73. The molecule has 5 heteroatoms. The van der Waals surface area contributed by atoms with Gasteiger partial charge in [0.05, 0.1) is 12.2 Å². The molecule has 1 aromatic heterocycles. The Kier molecular flexibility index (Phi) is 4.83. The Hall–Kier alpha value is -2.69. The van der Waals surface area contributed by atoms with Gasteiger partial charge in [0, 0.05) is 11.9 Å². The fourth-order valence-corrected chi connectivity index (χ4v) is 2.73. The molecule has 3 rings (SSSR count). The first-order valence-electron chi connectivity index (χ1n) is 8.61. The molecule has 1 aromatic carbocycles. The van der Waals surface area contributed by atoms with E-state index in [1.54, 1.807) is 6.20 Å². The Morgan fingerprint density at radius 2 is 1.80 bits per heavy atom. The lowest BCUT2D eigenvalue weighted by atomic mass is 10.0. The summed E-state index contributed by atoms with van der Waals surface area (Å²) in [6.07, 6.45) is 2.84. The molecule has 1 fully saturated rings. The van der Waals surface area contributed by atoms with E-state index in [4.69, 9.17) is 0 Å². The fraction of sp³-hybridized carbons (Fsp3) is 0.350. The number of pyridine rings is 1. The second-order valence-electron chi connectivity index (χ2n) is 6.82. The van der Waals surface area contributed by atoms with Crippen molar-refractivity contribution in [2.75, 3.05) is 5.32 Å². The zero-order chi connectivity index (χ0) is 17.9. The van der Waals surface area contributed by atoms with Crippen molar-refractivity contribution in [3.8, 4) is 0 Å². The first-order chi connectivity index (χ1) is 12.0. The van der Waals surface area contributed by atoms with Gasteiger partial charge in [-0.25, -0.2) is 0 Å². The summed E-state index contributed by atoms with van der Waals surface area (Å²) in [6.45, 7) is 4.58. The topological polar surface area (TPSA) is 71.1 Å². The smallest absolute Gasteiger partial charge is 0.240 e. The third kappa shape index (κ3) is 3.87. The van der Waals surface area contributed by atoms with Crippen LogP contribution in [0.15, 0.2) is 48.7 Å². The van der Waals surface area contributed by atoms with E-state index in [-0.39, 0.29) is 11.8 Å². The molecule has 0 radical (unpaired) electrons. The molecule has 0 saturated heterocycles. The number of hydrogen-bond acceptors (Lipinski definition) is 3. The van der Waals surface area contributed by atoms with Gasteiger partial charge in [-0.3, -0.25) is 14.6 Å². The van der Waals surface area contributed by atoms with Crippen molar-refractivity contribution in [3.63, 3.8) is 0 Å². The first-order valence-corrected chi connectivity index (χ1v) is 8.61. The molecule has 2 aromatic rings. The molecule has 2 N–H and O–H groups in total. The number of carbonyl (C=O) groups is 2. The minimum Gasteiger partial charge on any atom is -0.350 e. The summed E-state index contributed by atoms with van der Waals surface area (Å²) in [7, 11) is 0. The van der Waals surface area contributed by atoms with Gasteiger partial charge in [-0.15, -0.1) is 0 Å². The Bertz CT molecular complexity index is 750. The normalized spacial score (nSPS) is 14.8. The highest BCUT2D eigenvalue weighted by molar-refractivity contribution is 6.13. The lowest BCUT2D eigenvalue weighted by Gasteiger charge is -2.16. The number of benzene rings is 1. The molecule has 0 aliphatic heterocycles. The van der Waals surface area contributed by atoms with Crippen molar-refractivity contribution in [2.24, 2.45) is 5.41 Å². The molecule has 1 aliphatic carbocycles. The van der Waals surface area contributed by atoms with Gasteiger partial charge in [0.15, 0.2) is 0 Å². The van der Waals surface area contributed by atoms with E-state index in [1.807, 2.05) is 42.5 Å². The van der Waals surface area contributed by atoms with Gasteiger partial charge in [0.2, 0.25) is 11.8 Å². The van der Waals surface area contributed by atoms with Crippen LogP contribution >= 0.6 is 0 Å². The van der Waals surface area contributed by atoms with Crippen molar-refractivity contribution in [3.05, 3.63) is 59.9 Å². The average molecular weight is 337 g/mol. The maximum absolute atomic E-state index is 12.6. The number of rotatable bonds is 6. The molecular formula is C20H23N3O2. The van der Waals surface area contributed by atoms with Crippen LogP contribution in [0.25, 0.3) is 0 Å². The summed E-state index contributed by atoms with van der Waals surface area (Å²) >= 11 is 0. The van der Waals surface area contributed by atoms with Crippen LogP contribution < -0.4 is 10.6 Å². The van der Waals surface area contributed by atoms with Gasteiger partial charge in [0.25, 0.3) is 0 Å². The number of nitrogens with zero attached hydrogens (tertiary/aromatic N) is 1. The van der Waals surface area contributed by atoms with Gasteiger partial charge in [-0.1, -0.05) is 32.0 Å². The van der Waals surface area contributed by atoms with E-state index in [2.05, 4.69) is 29.5 Å². The molecule has 25 heavy (non-hydrogen) atoms. The summed E-state index contributed by atoms with van der Waals surface area (Å²) < 4.78 is 0. The third-order valence-corrected chi connectivity index (χ3v) is 4.61. The number of anilines is 1. The quantitative estimate of drug-likeness (QED) is 0.795. The maximum atomic E-state index is 12.6. The van der Waals surface area contributed by atoms with Crippen LogP contribution in [0.4, 0.5) is 5.69 Å². The van der Waals surface area contributed by atoms with Crippen LogP contribution in [0, 0.1) is 5.41 Å². The molecule has 1 aliphatic rings. The lowest BCUT2D eigenvalue weighted by molar-refractivity contribution is -0.134. The highest BCUT2D eigenvalue weighted by Gasteiger charge is 2.56. The van der Waals surface area contributed by atoms with Crippen LogP contribution in [0.5, 0.6) is 0 Å². The van der Waals surface area contributed by atoms with Crippen molar-refractivity contribution in [1.82, 2.24) is 10.3 Å². The highest BCUT2D eigenvalue weighted by atomic mass is 16.2. The molecule has 1 heterocycles. The third-order valence-electron chi connectivity index (χ3n) is 4.61. The number of nitrogens with one attached hydrogen (secondary N) is 2. The van der Waals surface area contributed by atoms with E-state index in [1.165, 1.54) is 5.56 Å². The molecule has 0 unspecified atom stereocenters. The second-order valence-corrected chi connectivity index (χ2v) is 6.82. The number of carbonyl (C=O) groups excluding carboxylic acids is 2. The van der Waals surface area contributed by atoms with Crippen molar-refractivity contribution < 1.29 is 9.59 Å². The van der Waals surface area contributed by atoms with E-state index in [9.17, 15) is 9.59 Å². The van der Waals surface area contributed by atoms with E-state index >= 15 is 0 Å². The van der Waals surface area contributed by atoms with Crippen LogP contribution in [0.3, 0.4) is 0 Å². The number of hydrogen-bond donors (Lipinski definition) is 2. The Balaban J connectivity index is 1.59. The summed E-state index contributed by atoms with van der Waals surface area (Å²) in [6, 6.07) is 13.3. The maximum Gasteiger partial charge on any atom is 0.240 e. The highest BCUT2D eigenvalue weighted by Crippen LogP contribution is 2.46. The minimum atomic E-state index is -0.939. The molecule has 1 saturated carbocycles. The van der Waals surface area contributed by atoms with E-state index < -0.39 is 5.41 Å². The summed E-state index contributed by atoms with van der Waals surface area (Å²) in [4.78, 5) is 29.2. The predicted octanol–water partition coefficient (Wildman–Crippen LogP) is 3.24. The van der Waals surface area contributed by atoms with Crippen LogP contribution in [-0.2, 0) is 16.1 Å². The van der Waals surface area contributed by atoms with E-state index in [0.29, 0.717) is 25.3 Å². The Morgan fingerprint density at radius 1 is 1.08 bits per heavy atom. The van der Waals surface area contributed by atoms with Crippen LogP contribution in [0.1, 0.15) is 43.9 Å². The van der Waals surface area contributed by atoms with Crippen molar-refractivity contribution in [2.45, 2.75) is 39.2 Å². The molecule has 2 amide bonds. The Morgan fingerprint density at radius 3 is 2.36 bits per heavy atom. The molecule has 0 spiro atoms. The van der Waals surface area contributed by atoms with Gasteiger partial charge in [0.1, 0.15) is 5.41 Å².